The van der Waals surface area contributed by atoms with Gasteiger partial charge in [-0.2, -0.15) is 0 Å². The lowest BCUT2D eigenvalue weighted by Gasteiger charge is -2.25. The first-order valence-corrected chi connectivity index (χ1v) is 5.48. The van der Waals surface area contributed by atoms with Crippen LogP contribution < -0.4 is 0 Å². The molecule has 0 bridgehead atoms. The van der Waals surface area contributed by atoms with E-state index in [2.05, 4.69) is 0 Å². The number of hydrogen-bond donors (Lipinski definition) is 1. The van der Waals surface area contributed by atoms with Crippen LogP contribution in [0.1, 0.15) is 41.0 Å². The number of carboxylic acids is 1. The van der Waals surface area contributed by atoms with Gasteiger partial charge in [0, 0.05) is 6.42 Å². The van der Waals surface area contributed by atoms with Crippen molar-refractivity contribution in [2.24, 2.45) is 0 Å². The summed E-state index contributed by atoms with van der Waals surface area (Å²) in [6.07, 6.45) is 5.31. The monoisotopic (exact) mass is 226 g/mol. The zero-order valence-electron chi connectivity index (χ0n) is 10.8. The molecule has 0 saturated carbocycles. The Kier molecular flexibility index (Phi) is 6.04. The molecule has 0 aromatic rings. The van der Waals surface area contributed by atoms with Crippen LogP contribution >= 0.6 is 0 Å². The number of aliphatic carboxylic acids is 1. The zero-order chi connectivity index (χ0) is 12.8. The van der Waals surface area contributed by atoms with Gasteiger partial charge < -0.3 is 9.84 Å². The standard InChI is InChI=1S/C13H22O3/c1-6-8-10(7-2)9-11(12(14)15)16-13(3,4)5/h6-8,11H,9H2,1-5H3,(H,14,15)/b8-6-,10-7+. The van der Waals surface area contributed by atoms with E-state index in [0.29, 0.717) is 6.42 Å². The molecular formula is C13H22O3. The van der Waals surface area contributed by atoms with Crippen LogP contribution in [0.4, 0.5) is 0 Å². The van der Waals surface area contributed by atoms with Crippen molar-refractivity contribution >= 4 is 5.97 Å². The van der Waals surface area contributed by atoms with Crippen molar-refractivity contribution in [3.8, 4) is 0 Å². The van der Waals surface area contributed by atoms with Gasteiger partial charge in [-0.25, -0.2) is 4.79 Å². The van der Waals surface area contributed by atoms with Gasteiger partial charge in [0.05, 0.1) is 5.60 Å². The Hall–Kier alpha value is -1.09. The molecule has 1 atom stereocenters. The quantitative estimate of drug-likeness (QED) is 0.732. The van der Waals surface area contributed by atoms with E-state index < -0.39 is 17.7 Å². The van der Waals surface area contributed by atoms with Gasteiger partial charge in [0.25, 0.3) is 0 Å². The molecule has 0 aromatic carbocycles. The van der Waals surface area contributed by atoms with Gasteiger partial charge in [0.2, 0.25) is 0 Å². The summed E-state index contributed by atoms with van der Waals surface area (Å²) in [6.45, 7) is 9.37. The molecule has 0 radical (unpaired) electrons. The molecular weight excluding hydrogens is 204 g/mol. The number of carboxylic acid groups (broad SMARTS) is 1. The van der Waals surface area contributed by atoms with E-state index in [4.69, 9.17) is 9.84 Å². The summed E-state index contributed by atoms with van der Waals surface area (Å²) in [7, 11) is 0. The highest BCUT2D eigenvalue weighted by molar-refractivity contribution is 5.73. The second-order valence-electron chi connectivity index (χ2n) is 4.62. The lowest BCUT2D eigenvalue weighted by Crippen LogP contribution is -2.33. The molecule has 0 fully saturated rings. The molecule has 3 nitrogen and oxygen atoms in total. The first-order valence-electron chi connectivity index (χ1n) is 5.48. The highest BCUT2D eigenvalue weighted by Gasteiger charge is 2.25. The Morgan fingerprint density at radius 1 is 1.38 bits per heavy atom. The molecule has 0 aliphatic heterocycles. The van der Waals surface area contributed by atoms with Crippen molar-refractivity contribution in [3.63, 3.8) is 0 Å². The molecule has 0 aliphatic carbocycles. The summed E-state index contributed by atoms with van der Waals surface area (Å²) >= 11 is 0. The van der Waals surface area contributed by atoms with Crippen LogP contribution in [0.15, 0.2) is 23.8 Å². The number of allylic oxidation sites excluding steroid dienone is 3. The number of carbonyl (C=O) groups is 1. The first-order chi connectivity index (χ1) is 7.30. The number of hydrogen-bond acceptors (Lipinski definition) is 2. The van der Waals surface area contributed by atoms with Crippen molar-refractivity contribution < 1.29 is 14.6 Å². The minimum Gasteiger partial charge on any atom is -0.479 e. The summed E-state index contributed by atoms with van der Waals surface area (Å²) in [6, 6.07) is 0. The van der Waals surface area contributed by atoms with Crippen LogP contribution in [0.5, 0.6) is 0 Å². The fourth-order valence-electron chi connectivity index (χ4n) is 1.32. The highest BCUT2D eigenvalue weighted by Crippen LogP contribution is 2.17. The van der Waals surface area contributed by atoms with E-state index in [1.807, 2.05) is 52.8 Å². The third-order valence-corrected chi connectivity index (χ3v) is 1.94. The van der Waals surface area contributed by atoms with Crippen LogP contribution in [-0.4, -0.2) is 22.8 Å². The van der Waals surface area contributed by atoms with Gasteiger partial charge in [-0.1, -0.05) is 18.2 Å². The number of rotatable bonds is 5. The molecule has 0 amide bonds. The topological polar surface area (TPSA) is 46.5 Å². The summed E-state index contributed by atoms with van der Waals surface area (Å²) in [5.41, 5.74) is 0.525. The molecule has 1 unspecified atom stereocenters. The second-order valence-corrected chi connectivity index (χ2v) is 4.62. The summed E-state index contributed by atoms with van der Waals surface area (Å²) in [5, 5.41) is 9.07. The van der Waals surface area contributed by atoms with Crippen LogP contribution in [0.3, 0.4) is 0 Å². The maximum atomic E-state index is 11.1. The average molecular weight is 226 g/mol. The second kappa shape index (κ2) is 6.48. The van der Waals surface area contributed by atoms with E-state index in [1.165, 1.54) is 0 Å². The molecule has 92 valence electrons. The van der Waals surface area contributed by atoms with Crippen LogP contribution in [0.2, 0.25) is 0 Å². The van der Waals surface area contributed by atoms with Gasteiger partial charge in [-0.3, -0.25) is 0 Å². The highest BCUT2D eigenvalue weighted by atomic mass is 16.5. The van der Waals surface area contributed by atoms with Gasteiger partial charge in [-0.15, -0.1) is 0 Å². The Morgan fingerprint density at radius 3 is 2.25 bits per heavy atom. The third kappa shape index (κ3) is 6.40. The van der Waals surface area contributed by atoms with E-state index in [1.54, 1.807) is 0 Å². The average Bonchev–Trinajstić information content (AvgIpc) is 2.13. The molecule has 0 aromatic heterocycles. The Morgan fingerprint density at radius 2 is 1.94 bits per heavy atom. The van der Waals surface area contributed by atoms with Crippen LogP contribution in [0.25, 0.3) is 0 Å². The Balaban J connectivity index is 4.63. The molecule has 0 aliphatic rings. The van der Waals surface area contributed by atoms with E-state index in [-0.39, 0.29) is 0 Å². The largest absolute Gasteiger partial charge is 0.479 e. The SMILES string of the molecule is C/C=C\C(=C/C)CC(OC(C)(C)C)C(=O)O. The molecule has 0 heterocycles. The molecule has 0 saturated heterocycles. The van der Waals surface area contributed by atoms with E-state index in [0.717, 1.165) is 5.57 Å². The predicted octanol–water partition coefficient (Wildman–Crippen LogP) is 3.17. The normalized spacial score (nSPS) is 15.4. The molecule has 0 rings (SSSR count). The molecule has 3 heteroatoms. The van der Waals surface area contributed by atoms with Gasteiger partial charge in [0.15, 0.2) is 6.10 Å². The number of ether oxygens (including phenoxy) is 1. The smallest absolute Gasteiger partial charge is 0.333 e. The van der Waals surface area contributed by atoms with Gasteiger partial charge in [0.1, 0.15) is 0 Å². The van der Waals surface area contributed by atoms with Crippen LogP contribution in [-0.2, 0) is 9.53 Å². The first kappa shape index (κ1) is 14.9. The van der Waals surface area contributed by atoms with Crippen LogP contribution in [0, 0.1) is 0 Å². The molecule has 1 N–H and O–H groups in total. The summed E-state index contributed by atoms with van der Waals surface area (Å²) in [5.74, 6) is -0.918. The molecule has 16 heavy (non-hydrogen) atoms. The maximum absolute atomic E-state index is 11.1. The minimum absolute atomic E-state index is 0.396. The van der Waals surface area contributed by atoms with Crippen molar-refractivity contribution in [2.45, 2.75) is 52.7 Å². The maximum Gasteiger partial charge on any atom is 0.333 e. The third-order valence-electron chi connectivity index (χ3n) is 1.94. The minimum atomic E-state index is -0.918. The van der Waals surface area contributed by atoms with Crippen molar-refractivity contribution in [1.29, 1.82) is 0 Å². The summed E-state index contributed by atoms with van der Waals surface area (Å²) in [4.78, 5) is 11.1. The van der Waals surface area contributed by atoms with Crippen molar-refractivity contribution in [3.05, 3.63) is 23.8 Å². The van der Waals surface area contributed by atoms with Crippen molar-refractivity contribution in [2.75, 3.05) is 0 Å². The predicted molar refractivity (Wildman–Crippen MR) is 65.4 cm³/mol. The lowest BCUT2D eigenvalue weighted by molar-refractivity contribution is -0.159. The summed E-state index contributed by atoms with van der Waals surface area (Å²) < 4.78 is 5.50. The van der Waals surface area contributed by atoms with Gasteiger partial charge >= 0.3 is 5.97 Å². The zero-order valence-corrected chi connectivity index (χ0v) is 10.8. The Bertz CT molecular complexity index is 282. The fourth-order valence-corrected chi connectivity index (χ4v) is 1.32. The Labute approximate surface area is 97.8 Å². The fraction of sp³-hybridized carbons (Fsp3) is 0.615. The van der Waals surface area contributed by atoms with E-state index >= 15 is 0 Å². The van der Waals surface area contributed by atoms with Gasteiger partial charge in [-0.05, 0) is 40.2 Å². The molecule has 0 spiro atoms. The van der Waals surface area contributed by atoms with Crippen molar-refractivity contribution in [1.82, 2.24) is 0 Å². The van der Waals surface area contributed by atoms with E-state index in [9.17, 15) is 4.79 Å². The lowest BCUT2D eigenvalue weighted by atomic mass is 10.1.